The maximum absolute atomic E-state index is 11.2. The molecule has 0 fully saturated rings. The third-order valence-electron chi connectivity index (χ3n) is 2.08. The van der Waals surface area contributed by atoms with E-state index in [2.05, 4.69) is 0 Å². The second kappa shape index (κ2) is 7.76. The number of benzene rings is 1. The molecule has 1 aromatic rings. The zero-order valence-electron chi connectivity index (χ0n) is 10.1. The monoisotopic (exact) mass is 267 g/mol. The summed E-state index contributed by atoms with van der Waals surface area (Å²) < 4.78 is 4.72. The van der Waals surface area contributed by atoms with Gasteiger partial charge in [0.1, 0.15) is 6.61 Å². The fraction of sp³-hybridized carbons (Fsp3) is 0.308. The Balaban J connectivity index is 2.15. The van der Waals surface area contributed by atoms with E-state index in [4.69, 9.17) is 9.84 Å². The second-order valence-corrected chi connectivity index (χ2v) is 4.73. The number of hydrogen-bond acceptors (Lipinski definition) is 4. The number of rotatable bonds is 7. The van der Waals surface area contributed by atoms with Crippen molar-refractivity contribution in [3.05, 3.63) is 36.2 Å². The lowest BCUT2D eigenvalue weighted by Gasteiger charge is -2.03. The first kappa shape index (κ1) is 14.6. The van der Waals surface area contributed by atoms with Gasteiger partial charge in [-0.15, -0.1) is 11.8 Å². The van der Waals surface area contributed by atoms with Gasteiger partial charge >= 0.3 is 11.9 Å². The lowest BCUT2D eigenvalue weighted by atomic mass is 10.2. The molecular formula is C13H15O4S. The number of aliphatic carboxylic acids is 1. The first-order valence-corrected chi connectivity index (χ1v) is 6.47. The summed E-state index contributed by atoms with van der Waals surface area (Å²) in [7, 11) is 0. The summed E-state index contributed by atoms with van der Waals surface area (Å²) in [6.07, 6.45) is 1.25. The van der Waals surface area contributed by atoms with E-state index in [0.29, 0.717) is 5.75 Å². The van der Waals surface area contributed by atoms with Crippen molar-refractivity contribution in [2.75, 3.05) is 12.4 Å². The number of ether oxygens (including phenoxy) is 1. The van der Waals surface area contributed by atoms with Gasteiger partial charge in [-0.1, -0.05) is 17.7 Å². The van der Waals surface area contributed by atoms with Crippen LogP contribution in [0.15, 0.2) is 29.2 Å². The lowest BCUT2D eigenvalue weighted by Crippen LogP contribution is -2.10. The SMILES string of the molecule is Cc1ccc(SC[CH]C(=O)OCCC(=O)O)cc1. The van der Waals surface area contributed by atoms with Crippen LogP contribution in [0.2, 0.25) is 0 Å². The van der Waals surface area contributed by atoms with Crippen LogP contribution in [-0.4, -0.2) is 29.4 Å². The molecule has 0 amide bonds. The highest BCUT2D eigenvalue weighted by Crippen LogP contribution is 2.18. The van der Waals surface area contributed by atoms with Crippen LogP contribution in [0, 0.1) is 13.3 Å². The van der Waals surface area contributed by atoms with Crippen LogP contribution >= 0.6 is 11.8 Å². The minimum absolute atomic E-state index is 0.0835. The molecule has 5 heteroatoms. The Kier molecular flexibility index (Phi) is 6.28. The number of hydrogen-bond donors (Lipinski definition) is 1. The topological polar surface area (TPSA) is 63.6 Å². The van der Waals surface area contributed by atoms with Crippen LogP contribution in [0.4, 0.5) is 0 Å². The maximum Gasteiger partial charge on any atom is 0.310 e. The largest absolute Gasteiger partial charge is 0.481 e. The molecule has 1 radical (unpaired) electrons. The molecule has 0 atom stereocenters. The van der Waals surface area contributed by atoms with Gasteiger partial charge in [-0.05, 0) is 19.1 Å². The van der Waals surface area contributed by atoms with E-state index in [1.165, 1.54) is 23.7 Å². The van der Waals surface area contributed by atoms with Gasteiger partial charge in [0.25, 0.3) is 0 Å². The molecule has 0 aliphatic rings. The van der Waals surface area contributed by atoms with Gasteiger partial charge in [0, 0.05) is 10.6 Å². The van der Waals surface area contributed by atoms with E-state index in [1.54, 1.807) is 0 Å². The summed E-state index contributed by atoms with van der Waals surface area (Å²) in [5.41, 5.74) is 1.19. The van der Waals surface area contributed by atoms with E-state index in [-0.39, 0.29) is 13.0 Å². The van der Waals surface area contributed by atoms with Gasteiger partial charge in [-0.3, -0.25) is 9.59 Å². The smallest absolute Gasteiger partial charge is 0.310 e. The van der Waals surface area contributed by atoms with Crippen LogP contribution in [0.1, 0.15) is 12.0 Å². The molecular weight excluding hydrogens is 252 g/mol. The molecule has 0 unspecified atom stereocenters. The normalized spacial score (nSPS) is 10.1. The summed E-state index contributed by atoms with van der Waals surface area (Å²) in [5.74, 6) is -0.942. The number of carbonyl (C=O) groups is 2. The number of carboxylic acids is 1. The molecule has 0 heterocycles. The summed E-state index contributed by atoms with van der Waals surface area (Å²) in [6, 6.07) is 7.99. The maximum atomic E-state index is 11.2. The van der Waals surface area contributed by atoms with Crippen molar-refractivity contribution in [2.24, 2.45) is 0 Å². The highest BCUT2D eigenvalue weighted by molar-refractivity contribution is 7.99. The fourth-order valence-electron chi connectivity index (χ4n) is 1.14. The summed E-state index contributed by atoms with van der Waals surface area (Å²) in [4.78, 5) is 22.5. The Morgan fingerprint density at radius 2 is 2.00 bits per heavy atom. The van der Waals surface area contributed by atoms with Crippen molar-refractivity contribution in [2.45, 2.75) is 18.2 Å². The molecule has 1 aromatic carbocycles. The van der Waals surface area contributed by atoms with Crippen molar-refractivity contribution in [1.82, 2.24) is 0 Å². The predicted octanol–water partition coefficient (Wildman–Crippen LogP) is 2.31. The van der Waals surface area contributed by atoms with Crippen LogP contribution in [-0.2, 0) is 14.3 Å². The van der Waals surface area contributed by atoms with Gasteiger partial charge in [0.05, 0.1) is 12.8 Å². The number of carboxylic acid groups (broad SMARTS) is 1. The first-order chi connectivity index (χ1) is 8.58. The molecule has 1 rings (SSSR count). The van der Waals surface area contributed by atoms with E-state index >= 15 is 0 Å². The van der Waals surface area contributed by atoms with Gasteiger partial charge in [0.2, 0.25) is 0 Å². The molecule has 18 heavy (non-hydrogen) atoms. The van der Waals surface area contributed by atoms with Gasteiger partial charge in [-0.25, -0.2) is 0 Å². The summed E-state index contributed by atoms with van der Waals surface area (Å²) in [6.45, 7) is 1.93. The van der Waals surface area contributed by atoms with Gasteiger partial charge < -0.3 is 9.84 Å². The van der Waals surface area contributed by atoms with E-state index < -0.39 is 11.9 Å². The number of thioether (sulfide) groups is 1. The van der Waals surface area contributed by atoms with Gasteiger partial charge in [0.15, 0.2) is 0 Å². The third kappa shape index (κ3) is 6.30. The average Bonchev–Trinajstić information content (AvgIpc) is 2.31. The Morgan fingerprint density at radius 3 is 2.61 bits per heavy atom. The third-order valence-corrected chi connectivity index (χ3v) is 3.02. The van der Waals surface area contributed by atoms with Gasteiger partial charge in [-0.2, -0.15) is 0 Å². The standard InChI is InChI=1S/C13H15O4S/c1-10-2-4-11(5-3-10)18-9-7-13(16)17-8-6-12(14)15/h2-5,7H,6,8-9H2,1H3,(H,14,15). The predicted molar refractivity (Wildman–Crippen MR) is 69.4 cm³/mol. The minimum atomic E-state index is -0.975. The molecule has 4 nitrogen and oxygen atoms in total. The lowest BCUT2D eigenvalue weighted by molar-refractivity contribution is -0.143. The number of carbonyl (C=O) groups excluding carboxylic acids is 1. The van der Waals surface area contributed by atoms with E-state index in [9.17, 15) is 9.59 Å². The fourth-order valence-corrected chi connectivity index (χ4v) is 1.88. The zero-order valence-corrected chi connectivity index (χ0v) is 10.9. The number of esters is 1. The Hall–Kier alpha value is -1.49. The van der Waals surface area contributed by atoms with E-state index in [0.717, 1.165) is 4.90 Å². The first-order valence-electron chi connectivity index (χ1n) is 5.49. The molecule has 0 aliphatic heterocycles. The van der Waals surface area contributed by atoms with Crippen molar-refractivity contribution in [1.29, 1.82) is 0 Å². The second-order valence-electron chi connectivity index (χ2n) is 3.64. The van der Waals surface area contributed by atoms with E-state index in [1.807, 2.05) is 31.2 Å². The summed E-state index contributed by atoms with van der Waals surface area (Å²) in [5, 5.41) is 8.37. The zero-order chi connectivity index (χ0) is 13.4. The Bertz CT molecular complexity index is 400. The average molecular weight is 267 g/mol. The molecule has 0 saturated carbocycles. The molecule has 1 N–H and O–H groups in total. The number of aryl methyl sites for hydroxylation is 1. The van der Waals surface area contributed by atoms with Crippen LogP contribution in [0.5, 0.6) is 0 Å². The summed E-state index contributed by atoms with van der Waals surface area (Å²) >= 11 is 1.52. The van der Waals surface area contributed by atoms with Crippen molar-refractivity contribution in [3.63, 3.8) is 0 Å². The van der Waals surface area contributed by atoms with Crippen LogP contribution < -0.4 is 0 Å². The minimum Gasteiger partial charge on any atom is -0.481 e. The molecule has 0 aromatic heterocycles. The molecule has 0 aliphatic carbocycles. The van der Waals surface area contributed by atoms with Crippen LogP contribution in [0.3, 0.4) is 0 Å². The Morgan fingerprint density at radius 1 is 1.33 bits per heavy atom. The molecule has 0 bridgehead atoms. The van der Waals surface area contributed by atoms with Crippen molar-refractivity contribution in [3.8, 4) is 0 Å². The van der Waals surface area contributed by atoms with Crippen LogP contribution in [0.25, 0.3) is 0 Å². The molecule has 97 valence electrons. The molecule has 0 saturated heterocycles. The highest BCUT2D eigenvalue weighted by Gasteiger charge is 2.05. The van der Waals surface area contributed by atoms with Crippen molar-refractivity contribution < 1.29 is 19.4 Å². The Labute approximate surface area is 110 Å². The van der Waals surface area contributed by atoms with Crippen molar-refractivity contribution >= 4 is 23.7 Å². The highest BCUT2D eigenvalue weighted by atomic mass is 32.2. The quantitative estimate of drug-likeness (QED) is 0.606. The molecule has 0 spiro atoms.